The van der Waals surface area contributed by atoms with Crippen molar-refractivity contribution in [3.8, 4) is 5.69 Å². The molecule has 29 heavy (non-hydrogen) atoms. The fraction of sp³-hybridized carbons (Fsp3) is 0.238. The Morgan fingerprint density at radius 2 is 1.90 bits per heavy atom. The van der Waals surface area contributed by atoms with E-state index in [2.05, 4.69) is 27.4 Å². The van der Waals surface area contributed by atoms with Gasteiger partial charge in [-0.3, -0.25) is 14.9 Å². The summed E-state index contributed by atoms with van der Waals surface area (Å²) in [6, 6.07) is 16.3. The molecule has 4 rings (SSSR count). The molecular weight excluding hydrogens is 370 g/mol. The molecule has 1 N–H and O–H groups in total. The number of carbonyl (C=O) groups excluding carboxylic acids is 1. The number of benzene rings is 2. The summed E-state index contributed by atoms with van der Waals surface area (Å²) in [5.41, 5.74) is 2.34. The number of carbonyl (C=O) groups is 1. The van der Waals surface area contributed by atoms with Crippen molar-refractivity contribution in [3.63, 3.8) is 0 Å². The maximum Gasteiger partial charge on any atom is 0.269 e. The number of rotatable bonds is 6. The van der Waals surface area contributed by atoms with Crippen molar-refractivity contribution in [1.29, 1.82) is 0 Å². The lowest BCUT2D eigenvalue weighted by Crippen LogP contribution is -2.30. The first kappa shape index (κ1) is 18.7. The van der Waals surface area contributed by atoms with E-state index in [0.717, 1.165) is 19.5 Å². The van der Waals surface area contributed by atoms with Gasteiger partial charge in [-0.1, -0.05) is 18.2 Å². The average molecular weight is 391 g/mol. The molecule has 0 unspecified atom stereocenters. The van der Waals surface area contributed by atoms with Crippen LogP contribution in [0.25, 0.3) is 5.69 Å². The zero-order valence-corrected chi connectivity index (χ0v) is 15.8. The van der Waals surface area contributed by atoms with E-state index >= 15 is 0 Å². The van der Waals surface area contributed by atoms with Crippen molar-refractivity contribution < 1.29 is 9.72 Å². The molecule has 0 spiro atoms. The van der Waals surface area contributed by atoms with Crippen LogP contribution in [0.4, 0.5) is 11.4 Å². The molecule has 0 bridgehead atoms. The third kappa shape index (κ3) is 4.26. The van der Waals surface area contributed by atoms with E-state index in [1.807, 2.05) is 18.2 Å². The molecule has 1 aliphatic heterocycles. The van der Waals surface area contributed by atoms with Crippen LogP contribution in [0.15, 0.2) is 67.0 Å². The molecule has 8 heteroatoms. The molecule has 1 fully saturated rings. The molecular formula is C21H21N5O3. The summed E-state index contributed by atoms with van der Waals surface area (Å²) in [5, 5.41) is 17.9. The maximum atomic E-state index is 12.5. The lowest BCUT2D eigenvalue weighted by atomic mass is 10.1. The number of amides is 1. The molecule has 1 aromatic heterocycles. The number of nitro groups is 1. The zero-order valence-electron chi connectivity index (χ0n) is 15.8. The predicted molar refractivity (Wildman–Crippen MR) is 109 cm³/mol. The SMILES string of the molecule is O=C(NC[C@@H]1CCN(c2ccccc2)C1)c1cnn(-c2ccc([N+](=O)[O-])cc2)c1. The summed E-state index contributed by atoms with van der Waals surface area (Å²) in [5.74, 6) is 0.236. The largest absolute Gasteiger partial charge is 0.371 e. The van der Waals surface area contributed by atoms with E-state index in [0.29, 0.717) is 23.7 Å². The van der Waals surface area contributed by atoms with Crippen LogP contribution in [0.2, 0.25) is 0 Å². The lowest BCUT2D eigenvalue weighted by molar-refractivity contribution is -0.384. The van der Waals surface area contributed by atoms with Crippen LogP contribution in [-0.2, 0) is 0 Å². The molecule has 2 heterocycles. The number of para-hydroxylation sites is 1. The molecule has 0 saturated carbocycles. The number of anilines is 1. The molecule has 1 atom stereocenters. The summed E-state index contributed by atoms with van der Waals surface area (Å²) in [4.78, 5) is 25.1. The molecule has 3 aromatic rings. The number of aromatic nitrogens is 2. The Morgan fingerprint density at radius 1 is 1.14 bits per heavy atom. The van der Waals surface area contributed by atoms with Crippen LogP contribution in [0.3, 0.4) is 0 Å². The quantitative estimate of drug-likeness (QED) is 0.515. The van der Waals surface area contributed by atoms with E-state index in [9.17, 15) is 14.9 Å². The molecule has 8 nitrogen and oxygen atoms in total. The summed E-state index contributed by atoms with van der Waals surface area (Å²) >= 11 is 0. The highest BCUT2D eigenvalue weighted by molar-refractivity contribution is 5.93. The minimum atomic E-state index is -0.451. The number of nitrogens with zero attached hydrogens (tertiary/aromatic N) is 4. The van der Waals surface area contributed by atoms with Crippen LogP contribution < -0.4 is 10.2 Å². The maximum absolute atomic E-state index is 12.5. The Morgan fingerprint density at radius 3 is 2.62 bits per heavy atom. The molecule has 1 aliphatic rings. The summed E-state index contributed by atoms with van der Waals surface area (Å²) in [7, 11) is 0. The van der Waals surface area contributed by atoms with Gasteiger partial charge in [0.15, 0.2) is 0 Å². The molecule has 1 amide bonds. The van der Waals surface area contributed by atoms with Gasteiger partial charge in [-0.05, 0) is 36.6 Å². The van der Waals surface area contributed by atoms with Crippen molar-refractivity contribution in [1.82, 2.24) is 15.1 Å². The van der Waals surface area contributed by atoms with Crippen LogP contribution in [0.1, 0.15) is 16.8 Å². The van der Waals surface area contributed by atoms with Crippen molar-refractivity contribution in [2.75, 3.05) is 24.5 Å². The number of nitro benzene ring substituents is 1. The summed E-state index contributed by atoms with van der Waals surface area (Å²) in [6.45, 7) is 2.53. The highest BCUT2D eigenvalue weighted by Crippen LogP contribution is 2.23. The average Bonchev–Trinajstić information content (AvgIpc) is 3.43. The molecule has 0 aliphatic carbocycles. The highest BCUT2D eigenvalue weighted by Gasteiger charge is 2.23. The first-order valence-corrected chi connectivity index (χ1v) is 9.48. The Kier molecular flexibility index (Phi) is 5.24. The topological polar surface area (TPSA) is 93.3 Å². The van der Waals surface area contributed by atoms with Gasteiger partial charge in [-0.2, -0.15) is 5.10 Å². The van der Waals surface area contributed by atoms with Gasteiger partial charge < -0.3 is 10.2 Å². The van der Waals surface area contributed by atoms with E-state index in [1.165, 1.54) is 28.7 Å². The smallest absolute Gasteiger partial charge is 0.269 e. The van der Waals surface area contributed by atoms with Crippen LogP contribution in [0.5, 0.6) is 0 Å². The van der Waals surface area contributed by atoms with E-state index in [4.69, 9.17) is 0 Å². The van der Waals surface area contributed by atoms with Crippen molar-refractivity contribution in [3.05, 3.63) is 82.7 Å². The summed E-state index contributed by atoms with van der Waals surface area (Å²) < 4.78 is 1.53. The van der Waals surface area contributed by atoms with Crippen molar-refractivity contribution in [2.24, 2.45) is 5.92 Å². The van der Waals surface area contributed by atoms with Gasteiger partial charge in [0.05, 0.1) is 22.4 Å². The van der Waals surface area contributed by atoms with Crippen molar-refractivity contribution >= 4 is 17.3 Å². The van der Waals surface area contributed by atoms with Gasteiger partial charge in [-0.25, -0.2) is 4.68 Å². The molecule has 2 aromatic carbocycles. The number of nitrogens with one attached hydrogen (secondary N) is 1. The normalized spacial score (nSPS) is 16.0. The van der Waals surface area contributed by atoms with Crippen molar-refractivity contribution in [2.45, 2.75) is 6.42 Å². The Bertz CT molecular complexity index is 1000. The molecule has 148 valence electrons. The van der Waals surface area contributed by atoms with Gasteiger partial charge in [0.25, 0.3) is 11.6 Å². The second-order valence-electron chi connectivity index (χ2n) is 7.09. The third-order valence-corrected chi connectivity index (χ3v) is 5.13. The van der Waals surface area contributed by atoms with Gasteiger partial charge in [0.1, 0.15) is 0 Å². The number of hydrogen-bond acceptors (Lipinski definition) is 5. The third-order valence-electron chi connectivity index (χ3n) is 5.13. The number of non-ortho nitro benzene ring substituents is 1. The van der Waals surface area contributed by atoms with Crippen LogP contribution in [0, 0.1) is 16.0 Å². The second kappa shape index (κ2) is 8.14. The van der Waals surface area contributed by atoms with Gasteiger partial charge in [0.2, 0.25) is 0 Å². The first-order valence-electron chi connectivity index (χ1n) is 9.48. The highest BCUT2D eigenvalue weighted by atomic mass is 16.6. The van der Waals surface area contributed by atoms with Gasteiger partial charge in [-0.15, -0.1) is 0 Å². The number of hydrogen-bond donors (Lipinski definition) is 1. The fourth-order valence-electron chi connectivity index (χ4n) is 3.52. The zero-order chi connectivity index (χ0) is 20.2. The minimum absolute atomic E-state index is 0.0139. The van der Waals surface area contributed by atoms with Crippen LogP contribution in [-0.4, -0.2) is 40.2 Å². The molecule has 0 radical (unpaired) electrons. The van der Waals surface area contributed by atoms with Crippen LogP contribution >= 0.6 is 0 Å². The monoisotopic (exact) mass is 391 g/mol. The van der Waals surface area contributed by atoms with Gasteiger partial charge >= 0.3 is 0 Å². The Labute approximate surface area is 167 Å². The van der Waals surface area contributed by atoms with E-state index in [1.54, 1.807) is 18.3 Å². The predicted octanol–water partition coefficient (Wildman–Crippen LogP) is 3.04. The van der Waals surface area contributed by atoms with E-state index < -0.39 is 4.92 Å². The summed E-state index contributed by atoms with van der Waals surface area (Å²) in [6.07, 6.45) is 4.17. The Hall–Kier alpha value is -3.68. The fourth-order valence-corrected chi connectivity index (χ4v) is 3.52. The second-order valence-corrected chi connectivity index (χ2v) is 7.09. The Balaban J connectivity index is 1.32. The standard InChI is InChI=1S/C21H21N5O3/c27-21(22-12-16-10-11-24(14-16)18-4-2-1-3-5-18)17-13-23-25(15-17)19-6-8-20(9-7-19)26(28)29/h1-9,13,15-16H,10-12,14H2,(H,22,27)/t16-/m0/s1. The molecule has 1 saturated heterocycles. The van der Waals surface area contributed by atoms with Gasteiger partial charge in [0, 0.05) is 43.7 Å². The minimum Gasteiger partial charge on any atom is -0.371 e. The van der Waals surface area contributed by atoms with E-state index in [-0.39, 0.29) is 11.6 Å². The first-order chi connectivity index (χ1) is 14.1. The lowest BCUT2D eigenvalue weighted by Gasteiger charge is -2.18.